The number of nitrogens with zero attached hydrogens (tertiary/aromatic N) is 6. The number of rotatable bonds is 5. The lowest BCUT2D eigenvalue weighted by Crippen LogP contribution is -2.43. The van der Waals surface area contributed by atoms with E-state index in [1.165, 1.54) is 28.4 Å². The molecular weight excluding hydrogens is 408 g/mol. The molecule has 0 spiro atoms. The van der Waals surface area contributed by atoms with Crippen LogP contribution in [0.5, 0.6) is 5.75 Å². The Morgan fingerprint density at radius 3 is 2.59 bits per heavy atom. The molecule has 2 aromatic heterocycles. The first-order valence-corrected chi connectivity index (χ1v) is 11.4. The monoisotopic (exact) mass is 438 g/mol. The fourth-order valence-electron chi connectivity index (χ4n) is 4.91. The van der Waals surface area contributed by atoms with Crippen LogP contribution < -0.4 is 20.9 Å². The lowest BCUT2D eigenvalue weighted by Gasteiger charge is -2.29. The van der Waals surface area contributed by atoms with Crippen LogP contribution in [0, 0.1) is 0 Å². The summed E-state index contributed by atoms with van der Waals surface area (Å²) in [5.74, 6) is 1.46. The van der Waals surface area contributed by atoms with E-state index in [1.54, 1.807) is 14.2 Å². The van der Waals surface area contributed by atoms with E-state index < -0.39 is 0 Å². The van der Waals surface area contributed by atoms with Crippen LogP contribution >= 0.6 is 0 Å². The first-order chi connectivity index (χ1) is 15.6. The molecule has 0 amide bonds. The Balaban J connectivity index is 1.57. The third-order valence-electron chi connectivity index (χ3n) is 6.67. The fourth-order valence-corrected chi connectivity index (χ4v) is 4.91. The molecule has 0 atom stereocenters. The molecule has 0 saturated carbocycles. The van der Waals surface area contributed by atoms with Crippen molar-refractivity contribution in [3.05, 3.63) is 45.1 Å². The van der Waals surface area contributed by atoms with Gasteiger partial charge in [-0.3, -0.25) is 13.9 Å². The van der Waals surface area contributed by atoms with E-state index >= 15 is 0 Å². The SMILES string of the molecule is COc1cccc(N2CCCn3c2nc2c3c(=O)n(CCN3CCCCC3)c(=O)n2C)c1. The van der Waals surface area contributed by atoms with E-state index in [0.717, 1.165) is 44.0 Å². The number of hydrogen-bond acceptors (Lipinski definition) is 6. The predicted octanol–water partition coefficient (Wildman–Crippen LogP) is 1.93. The van der Waals surface area contributed by atoms with Crippen molar-refractivity contribution in [1.82, 2.24) is 23.6 Å². The largest absolute Gasteiger partial charge is 0.497 e. The summed E-state index contributed by atoms with van der Waals surface area (Å²) in [6, 6.07) is 7.82. The Bertz CT molecular complexity index is 1250. The number of aromatic nitrogens is 4. The van der Waals surface area contributed by atoms with E-state index in [4.69, 9.17) is 9.72 Å². The summed E-state index contributed by atoms with van der Waals surface area (Å²) in [5.41, 5.74) is 1.36. The van der Waals surface area contributed by atoms with Gasteiger partial charge in [0, 0.05) is 45.0 Å². The highest BCUT2D eigenvalue weighted by Gasteiger charge is 2.27. The highest BCUT2D eigenvalue weighted by atomic mass is 16.5. The summed E-state index contributed by atoms with van der Waals surface area (Å²) < 4.78 is 10.3. The van der Waals surface area contributed by atoms with Gasteiger partial charge in [0.1, 0.15) is 5.75 Å². The Labute approximate surface area is 186 Å². The second-order valence-corrected chi connectivity index (χ2v) is 8.64. The summed E-state index contributed by atoms with van der Waals surface area (Å²) in [5, 5.41) is 0. The van der Waals surface area contributed by atoms with E-state index in [-0.39, 0.29) is 11.2 Å². The third-order valence-corrected chi connectivity index (χ3v) is 6.67. The van der Waals surface area contributed by atoms with Gasteiger partial charge in [-0.1, -0.05) is 12.5 Å². The zero-order valence-corrected chi connectivity index (χ0v) is 18.8. The number of piperidine rings is 1. The van der Waals surface area contributed by atoms with E-state index in [0.29, 0.717) is 30.2 Å². The zero-order chi connectivity index (χ0) is 22.2. The zero-order valence-electron chi connectivity index (χ0n) is 18.8. The molecule has 2 aliphatic heterocycles. The van der Waals surface area contributed by atoms with Gasteiger partial charge in [0.05, 0.1) is 7.11 Å². The van der Waals surface area contributed by atoms with Gasteiger partial charge in [0.2, 0.25) is 5.95 Å². The second kappa shape index (κ2) is 8.46. The molecule has 0 unspecified atom stereocenters. The van der Waals surface area contributed by atoms with E-state index in [2.05, 4.69) is 9.80 Å². The van der Waals surface area contributed by atoms with Gasteiger partial charge in [-0.05, 0) is 44.5 Å². The molecule has 4 heterocycles. The maximum absolute atomic E-state index is 13.5. The quantitative estimate of drug-likeness (QED) is 0.606. The van der Waals surface area contributed by atoms with Crippen LogP contribution in [-0.2, 0) is 20.1 Å². The van der Waals surface area contributed by atoms with Gasteiger partial charge in [0.25, 0.3) is 5.56 Å². The molecule has 2 aliphatic rings. The highest BCUT2D eigenvalue weighted by Crippen LogP contribution is 2.32. The number of fused-ring (bicyclic) bond motifs is 3. The molecule has 170 valence electrons. The van der Waals surface area contributed by atoms with Gasteiger partial charge in [-0.2, -0.15) is 4.98 Å². The summed E-state index contributed by atoms with van der Waals surface area (Å²) in [6.45, 7) is 4.68. The normalized spacial score (nSPS) is 17.0. The molecular formula is C23H30N6O3. The molecule has 0 radical (unpaired) electrons. The van der Waals surface area contributed by atoms with Crippen LogP contribution in [0.25, 0.3) is 11.2 Å². The summed E-state index contributed by atoms with van der Waals surface area (Å²) in [7, 11) is 3.35. The number of likely N-dealkylation sites (tertiary alicyclic amines) is 1. The van der Waals surface area contributed by atoms with Crippen LogP contribution in [0.2, 0.25) is 0 Å². The van der Waals surface area contributed by atoms with Crippen LogP contribution in [0.15, 0.2) is 33.9 Å². The highest BCUT2D eigenvalue weighted by molar-refractivity contribution is 5.77. The Morgan fingerprint density at radius 1 is 1.00 bits per heavy atom. The molecule has 5 rings (SSSR count). The molecule has 0 N–H and O–H groups in total. The van der Waals surface area contributed by atoms with Crippen molar-refractivity contribution >= 4 is 22.8 Å². The van der Waals surface area contributed by atoms with Crippen molar-refractivity contribution < 1.29 is 4.74 Å². The maximum Gasteiger partial charge on any atom is 0.332 e. The van der Waals surface area contributed by atoms with Crippen molar-refractivity contribution in [2.45, 2.75) is 38.8 Å². The van der Waals surface area contributed by atoms with E-state index in [1.807, 2.05) is 28.8 Å². The number of methoxy groups -OCH3 is 1. The first-order valence-electron chi connectivity index (χ1n) is 11.4. The van der Waals surface area contributed by atoms with Crippen molar-refractivity contribution in [3.8, 4) is 5.75 Å². The molecule has 1 fully saturated rings. The average Bonchev–Trinajstić information content (AvgIpc) is 3.23. The van der Waals surface area contributed by atoms with Crippen molar-refractivity contribution in [3.63, 3.8) is 0 Å². The van der Waals surface area contributed by atoms with Crippen molar-refractivity contribution in [1.29, 1.82) is 0 Å². The molecule has 1 aromatic carbocycles. The third kappa shape index (κ3) is 3.50. The van der Waals surface area contributed by atoms with Gasteiger partial charge < -0.3 is 19.1 Å². The van der Waals surface area contributed by atoms with Crippen LogP contribution in [0.4, 0.5) is 11.6 Å². The summed E-state index contributed by atoms with van der Waals surface area (Å²) >= 11 is 0. The van der Waals surface area contributed by atoms with Crippen LogP contribution in [0.3, 0.4) is 0 Å². The number of imidazole rings is 1. The molecule has 9 heteroatoms. The number of benzene rings is 1. The summed E-state index contributed by atoms with van der Waals surface area (Å²) in [4.78, 5) is 35.7. The Morgan fingerprint density at radius 2 is 1.81 bits per heavy atom. The fraction of sp³-hybridized carbons (Fsp3) is 0.522. The molecule has 32 heavy (non-hydrogen) atoms. The average molecular weight is 439 g/mol. The minimum absolute atomic E-state index is 0.244. The smallest absolute Gasteiger partial charge is 0.332 e. The Kier molecular flexibility index (Phi) is 5.50. The van der Waals surface area contributed by atoms with Crippen LogP contribution in [0.1, 0.15) is 25.7 Å². The maximum atomic E-state index is 13.5. The topological polar surface area (TPSA) is 77.5 Å². The molecule has 9 nitrogen and oxygen atoms in total. The Hall–Kier alpha value is -3.07. The number of hydrogen-bond donors (Lipinski definition) is 0. The van der Waals surface area contributed by atoms with Gasteiger partial charge >= 0.3 is 5.69 Å². The minimum Gasteiger partial charge on any atom is -0.497 e. The molecule has 0 aliphatic carbocycles. The predicted molar refractivity (Wildman–Crippen MR) is 124 cm³/mol. The van der Waals surface area contributed by atoms with Gasteiger partial charge in [0.15, 0.2) is 11.2 Å². The van der Waals surface area contributed by atoms with Crippen LogP contribution in [-0.4, -0.2) is 56.9 Å². The van der Waals surface area contributed by atoms with Gasteiger partial charge in [-0.15, -0.1) is 0 Å². The number of aryl methyl sites for hydroxylation is 2. The van der Waals surface area contributed by atoms with Crippen molar-refractivity contribution in [2.24, 2.45) is 7.05 Å². The standard InChI is InChI=1S/C23H30N6O3/c1-25-20-19(21(30)29(23(25)31)15-14-26-10-4-3-5-11-26)28-13-7-12-27(22(28)24-20)17-8-6-9-18(16-17)32-2/h6,8-9,16H,3-5,7,10-15H2,1-2H3. The molecule has 1 saturated heterocycles. The lowest BCUT2D eigenvalue weighted by molar-refractivity contribution is 0.218. The van der Waals surface area contributed by atoms with Gasteiger partial charge in [-0.25, -0.2) is 4.79 Å². The number of ether oxygens (including phenoxy) is 1. The summed E-state index contributed by atoms with van der Waals surface area (Å²) in [6.07, 6.45) is 4.51. The van der Waals surface area contributed by atoms with E-state index in [9.17, 15) is 9.59 Å². The number of anilines is 2. The lowest BCUT2D eigenvalue weighted by atomic mass is 10.1. The minimum atomic E-state index is -0.303. The molecule has 3 aromatic rings. The second-order valence-electron chi connectivity index (χ2n) is 8.64. The van der Waals surface area contributed by atoms with Crippen molar-refractivity contribution in [2.75, 3.05) is 38.2 Å². The molecule has 0 bridgehead atoms. The first kappa shape index (κ1) is 20.8.